The highest BCUT2D eigenvalue weighted by Gasteiger charge is 2.12. The van der Waals surface area contributed by atoms with Gasteiger partial charge in [0.15, 0.2) is 5.78 Å². The van der Waals surface area contributed by atoms with E-state index in [2.05, 4.69) is 9.97 Å². The summed E-state index contributed by atoms with van der Waals surface area (Å²) in [5.41, 5.74) is 3.06. The molecule has 20 heavy (non-hydrogen) atoms. The van der Waals surface area contributed by atoms with Crippen molar-refractivity contribution >= 4 is 11.4 Å². The first kappa shape index (κ1) is 12.3. The largest absolute Gasteiger partial charge is 0.496 e. The van der Waals surface area contributed by atoms with E-state index in [1.807, 2.05) is 22.7 Å². The number of carbonyl (C=O) groups is 1. The number of fused-ring (bicyclic) bond motifs is 1. The summed E-state index contributed by atoms with van der Waals surface area (Å²) in [6.07, 6.45) is 5.28. The number of rotatable bonds is 3. The molecule has 2 aromatic heterocycles. The van der Waals surface area contributed by atoms with Gasteiger partial charge in [-0.15, -0.1) is 0 Å². The van der Waals surface area contributed by atoms with Crippen LogP contribution in [0.25, 0.3) is 16.9 Å². The van der Waals surface area contributed by atoms with Crippen LogP contribution in [0.5, 0.6) is 5.75 Å². The Balaban J connectivity index is 2.15. The molecule has 0 unspecified atom stereocenters. The third-order valence-corrected chi connectivity index (χ3v) is 3.15. The second-order valence-corrected chi connectivity index (χ2v) is 4.44. The smallest absolute Gasteiger partial charge is 0.159 e. The van der Waals surface area contributed by atoms with Gasteiger partial charge in [0.2, 0.25) is 0 Å². The van der Waals surface area contributed by atoms with Crippen molar-refractivity contribution in [1.29, 1.82) is 0 Å². The summed E-state index contributed by atoms with van der Waals surface area (Å²) in [5.74, 6) is 0.642. The summed E-state index contributed by atoms with van der Waals surface area (Å²) in [7, 11) is 1.58. The maximum atomic E-state index is 11.4. The van der Waals surface area contributed by atoms with E-state index in [9.17, 15) is 4.79 Å². The number of ether oxygens (including phenoxy) is 1. The van der Waals surface area contributed by atoms with Gasteiger partial charge in [-0.25, -0.2) is 9.97 Å². The summed E-state index contributed by atoms with van der Waals surface area (Å²) in [6, 6.07) is 7.20. The van der Waals surface area contributed by atoms with E-state index in [0.717, 1.165) is 16.9 Å². The van der Waals surface area contributed by atoms with Gasteiger partial charge in [0, 0.05) is 23.5 Å². The van der Waals surface area contributed by atoms with Gasteiger partial charge in [0.1, 0.15) is 17.7 Å². The van der Waals surface area contributed by atoms with Crippen LogP contribution in [0.4, 0.5) is 0 Å². The summed E-state index contributed by atoms with van der Waals surface area (Å²) in [6.45, 7) is 1.53. The van der Waals surface area contributed by atoms with Crippen LogP contribution in [-0.4, -0.2) is 27.3 Å². The highest BCUT2D eigenvalue weighted by atomic mass is 16.5. The number of nitrogens with zero attached hydrogens (tertiary/aromatic N) is 3. The topological polar surface area (TPSA) is 56.5 Å². The lowest BCUT2D eigenvalue weighted by molar-refractivity contribution is 0.101. The van der Waals surface area contributed by atoms with E-state index in [4.69, 9.17) is 4.74 Å². The number of hydrogen-bond donors (Lipinski definition) is 0. The predicted molar refractivity (Wildman–Crippen MR) is 75.0 cm³/mol. The standard InChI is InChI=1S/C15H13N3O2/c1-10(19)11-3-4-12(14(7-11)20-2)13-8-18-9-16-6-5-15(18)17-13/h3-9H,1-2H3. The van der Waals surface area contributed by atoms with E-state index >= 15 is 0 Å². The van der Waals surface area contributed by atoms with Gasteiger partial charge in [-0.2, -0.15) is 0 Å². The Bertz CT molecular complexity index is 760. The van der Waals surface area contributed by atoms with Gasteiger partial charge in [-0.1, -0.05) is 6.07 Å². The minimum atomic E-state index is 0.00838. The molecule has 2 heterocycles. The Kier molecular flexibility index (Phi) is 2.95. The average Bonchev–Trinajstić information content (AvgIpc) is 2.90. The zero-order chi connectivity index (χ0) is 14.1. The summed E-state index contributed by atoms with van der Waals surface area (Å²) >= 11 is 0. The van der Waals surface area contributed by atoms with Crippen molar-refractivity contribution in [2.24, 2.45) is 0 Å². The number of imidazole rings is 1. The van der Waals surface area contributed by atoms with Crippen LogP contribution in [0.2, 0.25) is 0 Å². The highest BCUT2D eigenvalue weighted by molar-refractivity contribution is 5.95. The minimum Gasteiger partial charge on any atom is -0.496 e. The number of Topliss-reactive ketones (excluding diaryl/α,β-unsaturated/α-hetero) is 1. The van der Waals surface area contributed by atoms with E-state index < -0.39 is 0 Å². The molecule has 0 aliphatic carbocycles. The summed E-state index contributed by atoms with van der Waals surface area (Å²) in [4.78, 5) is 20.0. The first-order valence-electron chi connectivity index (χ1n) is 6.17. The Morgan fingerprint density at radius 3 is 2.85 bits per heavy atom. The lowest BCUT2D eigenvalue weighted by Crippen LogP contribution is -1.95. The fourth-order valence-electron chi connectivity index (χ4n) is 2.10. The molecule has 0 radical (unpaired) electrons. The molecule has 0 amide bonds. The molecule has 0 saturated heterocycles. The SMILES string of the molecule is COc1cc(C(C)=O)ccc1-c1cn2cnccc2n1. The molecule has 3 aromatic rings. The van der Waals surface area contributed by atoms with Crippen LogP contribution in [0, 0.1) is 0 Å². The molecule has 0 aliphatic rings. The molecule has 1 aromatic carbocycles. The summed E-state index contributed by atoms with van der Waals surface area (Å²) < 4.78 is 7.21. The van der Waals surface area contributed by atoms with Crippen molar-refractivity contribution in [1.82, 2.24) is 14.4 Å². The highest BCUT2D eigenvalue weighted by Crippen LogP contribution is 2.30. The molecular weight excluding hydrogens is 254 g/mol. The Hall–Kier alpha value is -2.69. The third-order valence-electron chi connectivity index (χ3n) is 3.15. The van der Waals surface area contributed by atoms with Crippen LogP contribution in [0.15, 0.2) is 43.0 Å². The molecule has 5 nitrogen and oxygen atoms in total. The number of ketones is 1. The third kappa shape index (κ3) is 2.03. The van der Waals surface area contributed by atoms with Gasteiger partial charge < -0.3 is 4.74 Å². The molecule has 3 rings (SSSR count). The molecule has 5 heteroatoms. The maximum Gasteiger partial charge on any atom is 0.159 e. The van der Waals surface area contributed by atoms with Crippen molar-refractivity contribution in [3.63, 3.8) is 0 Å². The monoisotopic (exact) mass is 267 g/mol. The van der Waals surface area contributed by atoms with E-state index in [0.29, 0.717) is 11.3 Å². The number of aromatic nitrogens is 3. The first-order valence-corrected chi connectivity index (χ1v) is 6.17. The lowest BCUT2D eigenvalue weighted by atomic mass is 10.1. The van der Waals surface area contributed by atoms with Crippen LogP contribution in [0.1, 0.15) is 17.3 Å². The predicted octanol–water partition coefficient (Wildman–Crippen LogP) is 2.61. The molecule has 0 atom stereocenters. The van der Waals surface area contributed by atoms with Crippen LogP contribution in [-0.2, 0) is 0 Å². The second-order valence-electron chi connectivity index (χ2n) is 4.44. The van der Waals surface area contributed by atoms with Gasteiger partial charge in [0.05, 0.1) is 12.8 Å². The van der Waals surface area contributed by atoms with E-state index in [1.165, 1.54) is 6.92 Å². The molecule has 0 saturated carbocycles. The molecular formula is C15H13N3O2. The minimum absolute atomic E-state index is 0.00838. The van der Waals surface area contributed by atoms with Crippen LogP contribution in [0.3, 0.4) is 0 Å². The van der Waals surface area contributed by atoms with E-state index in [-0.39, 0.29) is 5.78 Å². The number of methoxy groups -OCH3 is 1. The zero-order valence-electron chi connectivity index (χ0n) is 11.2. The quantitative estimate of drug-likeness (QED) is 0.684. The van der Waals surface area contributed by atoms with Crippen molar-refractivity contribution in [3.8, 4) is 17.0 Å². The molecule has 0 fully saturated rings. The van der Waals surface area contributed by atoms with Crippen molar-refractivity contribution in [2.45, 2.75) is 6.92 Å². The molecule has 0 N–H and O–H groups in total. The van der Waals surface area contributed by atoms with Crippen molar-refractivity contribution in [3.05, 3.63) is 48.5 Å². The van der Waals surface area contributed by atoms with Gasteiger partial charge in [0.25, 0.3) is 0 Å². The van der Waals surface area contributed by atoms with Gasteiger partial charge in [-0.05, 0) is 25.1 Å². The molecule has 0 aliphatic heterocycles. The first-order chi connectivity index (χ1) is 9.69. The van der Waals surface area contributed by atoms with Gasteiger partial charge >= 0.3 is 0 Å². The molecule has 0 spiro atoms. The van der Waals surface area contributed by atoms with Crippen LogP contribution >= 0.6 is 0 Å². The number of hydrogen-bond acceptors (Lipinski definition) is 4. The zero-order valence-corrected chi connectivity index (χ0v) is 11.2. The normalized spacial score (nSPS) is 10.7. The van der Waals surface area contributed by atoms with Gasteiger partial charge in [-0.3, -0.25) is 9.20 Å². The lowest BCUT2D eigenvalue weighted by Gasteiger charge is -2.07. The average molecular weight is 267 g/mol. The maximum absolute atomic E-state index is 11.4. The Morgan fingerprint density at radius 1 is 1.30 bits per heavy atom. The van der Waals surface area contributed by atoms with Crippen molar-refractivity contribution < 1.29 is 9.53 Å². The Labute approximate surface area is 115 Å². The summed E-state index contributed by atoms with van der Waals surface area (Å²) in [5, 5.41) is 0. The van der Waals surface area contributed by atoms with Crippen LogP contribution < -0.4 is 4.74 Å². The van der Waals surface area contributed by atoms with E-state index in [1.54, 1.807) is 31.8 Å². The Morgan fingerprint density at radius 2 is 2.15 bits per heavy atom. The fourth-order valence-corrected chi connectivity index (χ4v) is 2.10. The number of benzene rings is 1. The fraction of sp³-hybridized carbons (Fsp3) is 0.133. The van der Waals surface area contributed by atoms with Crippen molar-refractivity contribution in [2.75, 3.05) is 7.11 Å². The number of carbonyl (C=O) groups excluding carboxylic acids is 1. The second kappa shape index (κ2) is 4.77. The molecule has 100 valence electrons. The molecule has 0 bridgehead atoms.